The van der Waals surface area contributed by atoms with Gasteiger partial charge in [0.15, 0.2) is 0 Å². The summed E-state index contributed by atoms with van der Waals surface area (Å²) in [6.07, 6.45) is -4.80. The summed E-state index contributed by atoms with van der Waals surface area (Å²) in [6.45, 7) is 1.46. The zero-order valence-corrected chi connectivity index (χ0v) is 19.4. The topological polar surface area (TPSA) is 145 Å². The number of ether oxygens (including phenoxy) is 1. The Balaban J connectivity index is 1.51. The Hall–Kier alpha value is -3.82. The number of hydrogen-bond donors (Lipinski definition) is 2. The van der Waals surface area contributed by atoms with Gasteiger partial charge in [-0.25, -0.2) is 22.8 Å². The van der Waals surface area contributed by atoms with Gasteiger partial charge in [0.1, 0.15) is 11.6 Å². The SMILES string of the molecule is Cc1nc(-c2nc(-c3ccc(OC(F)(F)F)cc3)no2)nn1Cc1cccc(S(=O)(=O)NCCO)c1. The van der Waals surface area contributed by atoms with Crippen LogP contribution in [-0.2, 0) is 16.6 Å². The van der Waals surface area contributed by atoms with Crippen molar-refractivity contribution in [1.82, 2.24) is 29.6 Å². The predicted molar refractivity (Wildman–Crippen MR) is 118 cm³/mol. The van der Waals surface area contributed by atoms with Crippen LogP contribution in [0.1, 0.15) is 11.4 Å². The van der Waals surface area contributed by atoms with Gasteiger partial charge in [-0.05, 0) is 48.9 Å². The van der Waals surface area contributed by atoms with Crippen molar-refractivity contribution in [3.8, 4) is 28.9 Å². The van der Waals surface area contributed by atoms with Gasteiger partial charge in [-0.15, -0.1) is 18.3 Å². The summed E-state index contributed by atoms with van der Waals surface area (Å²) in [5, 5.41) is 17.0. The molecule has 0 aliphatic heterocycles. The average Bonchev–Trinajstić information content (AvgIpc) is 3.45. The summed E-state index contributed by atoms with van der Waals surface area (Å²) in [5.41, 5.74) is 1.03. The molecule has 15 heteroatoms. The zero-order chi connectivity index (χ0) is 25.9. The van der Waals surface area contributed by atoms with E-state index in [1.807, 2.05) is 0 Å². The Kier molecular flexibility index (Phi) is 7.05. The molecule has 2 aromatic carbocycles. The number of nitrogens with zero attached hydrogens (tertiary/aromatic N) is 5. The van der Waals surface area contributed by atoms with Gasteiger partial charge in [0, 0.05) is 12.1 Å². The summed E-state index contributed by atoms with van der Waals surface area (Å²) in [6, 6.07) is 11.2. The van der Waals surface area contributed by atoms with E-state index in [1.165, 1.54) is 28.9 Å². The number of halogens is 3. The van der Waals surface area contributed by atoms with Crippen LogP contribution in [0.4, 0.5) is 13.2 Å². The molecule has 36 heavy (non-hydrogen) atoms. The molecule has 0 saturated heterocycles. The molecule has 0 spiro atoms. The summed E-state index contributed by atoms with van der Waals surface area (Å²) < 4.78 is 74.5. The lowest BCUT2D eigenvalue weighted by molar-refractivity contribution is -0.274. The van der Waals surface area contributed by atoms with Crippen molar-refractivity contribution in [2.24, 2.45) is 0 Å². The van der Waals surface area contributed by atoms with E-state index in [0.717, 1.165) is 12.1 Å². The average molecular weight is 524 g/mol. The molecule has 0 aliphatic rings. The van der Waals surface area contributed by atoms with Crippen molar-refractivity contribution < 1.29 is 36.0 Å². The van der Waals surface area contributed by atoms with Crippen molar-refractivity contribution in [1.29, 1.82) is 0 Å². The second-order valence-electron chi connectivity index (χ2n) is 7.40. The van der Waals surface area contributed by atoms with Crippen molar-refractivity contribution >= 4 is 10.0 Å². The molecule has 11 nitrogen and oxygen atoms in total. The number of aryl methyl sites for hydroxylation is 1. The minimum absolute atomic E-state index is 0.00741. The van der Waals surface area contributed by atoms with E-state index < -0.39 is 16.4 Å². The van der Waals surface area contributed by atoms with Crippen molar-refractivity contribution in [2.45, 2.75) is 24.7 Å². The molecule has 0 fully saturated rings. The molecule has 0 atom stereocenters. The van der Waals surface area contributed by atoms with Gasteiger partial charge in [-0.2, -0.15) is 4.98 Å². The lowest BCUT2D eigenvalue weighted by Crippen LogP contribution is -2.26. The van der Waals surface area contributed by atoms with Crippen LogP contribution in [0, 0.1) is 6.92 Å². The molecule has 4 rings (SSSR count). The fourth-order valence-corrected chi connectivity index (χ4v) is 4.24. The molecular weight excluding hydrogens is 505 g/mol. The standard InChI is InChI=1S/C21H19F3N6O5S/c1-13-26-19(20-27-18(29-35-20)15-5-7-16(8-6-15)34-21(22,23)24)28-30(13)12-14-3-2-4-17(11-14)36(32,33)25-9-10-31/h2-8,11,25,31H,9-10,12H2,1H3. The molecule has 0 amide bonds. The molecule has 0 bridgehead atoms. The Morgan fingerprint density at radius 3 is 2.56 bits per heavy atom. The first kappa shape index (κ1) is 25.3. The number of hydrogen-bond acceptors (Lipinski definition) is 9. The Labute approximate surface area is 202 Å². The number of aromatic nitrogens is 5. The fourth-order valence-electron chi connectivity index (χ4n) is 3.14. The molecule has 2 aromatic heterocycles. The summed E-state index contributed by atoms with van der Waals surface area (Å²) in [4.78, 5) is 8.55. The quantitative estimate of drug-likeness (QED) is 0.337. The van der Waals surface area contributed by atoms with Gasteiger partial charge in [-0.1, -0.05) is 17.3 Å². The van der Waals surface area contributed by atoms with Crippen molar-refractivity contribution in [2.75, 3.05) is 13.2 Å². The summed E-state index contributed by atoms with van der Waals surface area (Å²) >= 11 is 0. The van der Waals surface area contributed by atoms with E-state index in [2.05, 4.69) is 29.7 Å². The molecular formula is C21H19F3N6O5S. The van der Waals surface area contributed by atoms with Crippen molar-refractivity contribution in [3.63, 3.8) is 0 Å². The number of aliphatic hydroxyl groups excluding tert-OH is 1. The minimum atomic E-state index is -4.80. The zero-order valence-electron chi connectivity index (χ0n) is 18.6. The highest BCUT2D eigenvalue weighted by atomic mass is 32.2. The smallest absolute Gasteiger partial charge is 0.406 e. The summed E-state index contributed by atoms with van der Waals surface area (Å²) in [5.74, 6) is 0.339. The Bertz CT molecular complexity index is 1450. The number of benzene rings is 2. The third-order valence-electron chi connectivity index (χ3n) is 4.77. The lowest BCUT2D eigenvalue weighted by Gasteiger charge is -2.08. The van der Waals surface area contributed by atoms with Gasteiger partial charge >= 0.3 is 6.36 Å². The van der Waals surface area contributed by atoms with Gasteiger partial charge in [-0.3, -0.25) is 0 Å². The number of nitrogens with one attached hydrogen (secondary N) is 1. The van der Waals surface area contributed by atoms with Crippen LogP contribution in [0.2, 0.25) is 0 Å². The van der Waals surface area contributed by atoms with Crippen LogP contribution in [-0.4, -0.2) is 57.9 Å². The highest BCUT2D eigenvalue weighted by Crippen LogP contribution is 2.26. The maximum Gasteiger partial charge on any atom is 0.573 e. The number of rotatable bonds is 9. The predicted octanol–water partition coefficient (Wildman–Crippen LogP) is 2.52. The number of aliphatic hydroxyl groups is 1. The second-order valence-corrected chi connectivity index (χ2v) is 9.17. The van der Waals surface area contributed by atoms with Gasteiger partial charge < -0.3 is 14.4 Å². The maximum absolute atomic E-state index is 12.3. The van der Waals surface area contributed by atoms with Crippen molar-refractivity contribution in [3.05, 3.63) is 59.9 Å². The van der Waals surface area contributed by atoms with Gasteiger partial charge in [0.25, 0.3) is 5.89 Å². The van der Waals surface area contributed by atoms with Crippen LogP contribution < -0.4 is 9.46 Å². The van der Waals surface area contributed by atoms with E-state index in [1.54, 1.807) is 19.1 Å². The molecule has 2 heterocycles. The van der Waals surface area contributed by atoms with E-state index in [9.17, 15) is 21.6 Å². The Morgan fingerprint density at radius 2 is 1.86 bits per heavy atom. The van der Waals surface area contributed by atoms with E-state index >= 15 is 0 Å². The van der Waals surface area contributed by atoms with Crippen LogP contribution in [0.3, 0.4) is 0 Å². The fraction of sp³-hybridized carbons (Fsp3) is 0.238. The molecule has 0 aliphatic carbocycles. The Morgan fingerprint density at radius 1 is 1.11 bits per heavy atom. The minimum Gasteiger partial charge on any atom is -0.406 e. The first-order valence-corrected chi connectivity index (χ1v) is 11.8. The first-order valence-electron chi connectivity index (χ1n) is 10.4. The molecule has 0 radical (unpaired) electrons. The first-order chi connectivity index (χ1) is 17.0. The van der Waals surface area contributed by atoms with E-state index in [0.29, 0.717) is 17.0 Å². The lowest BCUT2D eigenvalue weighted by atomic mass is 10.2. The van der Waals surface area contributed by atoms with Gasteiger partial charge in [0.2, 0.25) is 21.7 Å². The molecule has 2 N–H and O–H groups in total. The monoisotopic (exact) mass is 524 g/mol. The largest absolute Gasteiger partial charge is 0.573 e. The molecule has 4 aromatic rings. The van der Waals surface area contributed by atoms with E-state index in [4.69, 9.17) is 9.63 Å². The van der Waals surface area contributed by atoms with Crippen LogP contribution >= 0.6 is 0 Å². The van der Waals surface area contributed by atoms with E-state index in [-0.39, 0.29) is 47.9 Å². The maximum atomic E-state index is 12.3. The van der Waals surface area contributed by atoms with Crippen LogP contribution in [0.15, 0.2) is 57.9 Å². The van der Waals surface area contributed by atoms with Crippen LogP contribution in [0.25, 0.3) is 23.1 Å². The highest BCUT2D eigenvalue weighted by Gasteiger charge is 2.31. The summed E-state index contributed by atoms with van der Waals surface area (Å²) in [7, 11) is -3.77. The molecule has 190 valence electrons. The number of alkyl halides is 3. The van der Waals surface area contributed by atoms with Gasteiger partial charge in [0.05, 0.1) is 18.0 Å². The third kappa shape index (κ3) is 6.05. The molecule has 0 saturated carbocycles. The number of sulfonamides is 1. The third-order valence-corrected chi connectivity index (χ3v) is 6.22. The highest BCUT2D eigenvalue weighted by molar-refractivity contribution is 7.89. The van der Waals surface area contributed by atoms with Crippen LogP contribution in [0.5, 0.6) is 5.75 Å². The second kappa shape index (κ2) is 10.0. The normalized spacial score (nSPS) is 12.1. The molecule has 0 unspecified atom stereocenters.